The van der Waals surface area contributed by atoms with Gasteiger partial charge in [-0.2, -0.15) is 5.26 Å². The first-order valence-electron chi connectivity index (χ1n) is 7.29. The zero-order valence-electron chi connectivity index (χ0n) is 13.3. The number of hydrogen-bond acceptors (Lipinski definition) is 6. The summed E-state index contributed by atoms with van der Waals surface area (Å²) in [6.07, 6.45) is -0.779. The Morgan fingerprint density at radius 1 is 1.04 bits per heavy atom. The van der Waals surface area contributed by atoms with Gasteiger partial charge in [0.1, 0.15) is 11.2 Å². The number of hydrogen-bond donors (Lipinski definition) is 2. The topological polar surface area (TPSA) is 100 Å². The largest absolute Gasteiger partial charge is 0.513 e. The minimum atomic E-state index is -0.779. The first-order chi connectivity index (χ1) is 12.1. The number of nitrogens with zero attached hydrogens (tertiary/aromatic N) is 1. The summed E-state index contributed by atoms with van der Waals surface area (Å²) in [7, 11) is 0. The van der Waals surface area contributed by atoms with Crippen molar-refractivity contribution >= 4 is 35.3 Å². The van der Waals surface area contributed by atoms with Gasteiger partial charge in [-0.05, 0) is 67.2 Å². The van der Waals surface area contributed by atoms with E-state index < -0.39 is 12.2 Å². The number of urea groups is 1. The van der Waals surface area contributed by atoms with E-state index in [2.05, 4.69) is 15.4 Å². The van der Waals surface area contributed by atoms with Crippen LogP contribution in [0.2, 0.25) is 0 Å². The van der Waals surface area contributed by atoms with Gasteiger partial charge in [-0.15, -0.1) is 0 Å². The number of nitrogens with one attached hydrogen (secondary N) is 2. The van der Waals surface area contributed by atoms with Crippen LogP contribution in [-0.2, 0) is 4.74 Å². The van der Waals surface area contributed by atoms with Crippen LogP contribution < -0.4 is 15.4 Å². The van der Waals surface area contributed by atoms with Gasteiger partial charge in [-0.3, -0.25) is 0 Å². The van der Waals surface area contributed by atoms with E-state index in [0.717, 1.165) is 16.7 Å². The van der Waals surface area contributed by atoms with Crippen LogP contribution in [0.5, 0.6) is 5.75 Å². The molecule has 0 fully saturated rings. The fraction of sp³-hybridized carbons (Fsp3) is 0.118. The Bertz CT molecular complexity index is 770. The summed E-state index contributed by atoms with van der Waals surface area (Å²) in [6.45, 7) is 1.91. The molecule has 0 aliphatic carbocycles. The second-order valence-electron chi connectivity index (χ2n) is 4.61. The van der Waals surface area contributed by atoms with Gasteiger partial charge in [0, 0.05) is 16.3 Å². The van der Waals surface area contributed by atoms with Gasteiger partial charge in [0.15, 0.2) is 0 Å². The molecular formula is C17H15N3O4S. The lowest BCUT2D eigenvalue weighted by Crippen LogP contribution is -2.19. The molecule has 0 atom stereocenters. The Kier molecular flexibility index (Phi) is 6.68. The van der Waals surface area contributed by atoms with E-state index in [1.807, 2.05) is 5.40 Å². The molecule has 0 spiro atoms. The van der Waals surface area contributed by atoms with Crippen LogP contribution >= 0.6 is 11.8 Å². The van der Waals surface area contributed by atoms with Crippen molar-refractivity contribution in [3.63, 3.8) is 0 Å². The van der Waals surface area contributed by atoms with E-state index in [0.29, 0.717) is 17.1 Å². The first kappa shape index (κ1) is 18.2. The van der Waals surface area contributed by atoms with Crippen LogP contribution in [-0.4, -0.2) is 18.8 Å². The lowest BCUT2D eigenvalue weighted by molar-refractivity contribution is 0.104. The molecule has 2 aromatic rings. The quantitative estimate of drug-likeness (QED) is 0.355. The number of anilines is 2. The lowest BCUT2D eigenvalue weighted by Gasteiger charge is -2.09. The van der Waals surface area contributed by atoms with Crippen LogP contribution in [0, 0.1) is 10.7 Å². The van der Waals surface area contributed by atoms with E-state index in [-0.39, 0.29) is 6.61 Å². The summed E-state index contributed by atoms with van der Waals surface area (Å²) in [5.74, 6) is 0.315. The van der Waals surface area contributed by atoms with Gasteiger partial charge >= 0.3 is 12.2 Å². The maximum absolute atomic E-state index is 12.0. The Labute approximate surface area is 148 Å². The third-order valence-electron chi connectivity index (χ3n) is 2.85. The smallest absolute Gasteiger partial charge is 0.434 e. The van der Waals surface area contributed by atoms with Crippen molar-refractivity contribution < 1.29 is 19.1 Å². The molecule has 7 nitrogen and oxygen atoms in total. The molecule has 0 aliphatic heterocycles. The maximum Gasteiger partial charge on any atom is 0.513 e. The number of benzene rings is 2. The normalized spacial score (nSPS) is 9.60. The molecule has 0 aromatic heterocycles. The monoisotopic (exact) mass is 357 g/mol. The molecule has 0 heterocycles. The van der Waals surface area contributed by atoms with Crippen LogP contribution in [0.1, 0.15) is 6.92 Å². The standard InChI is InChI=1S/C17H15N3O4S/c1-2-23-17(22)24-14-7-3-12(4-8-14)19-16(21)20-13-5-9-15(10-6-13)25-11-18/h3-10H,2H2,1H3,(H2,19,20,21). The first-order valence-corrected chi connectivity index (χ1v) is 8.11. The van der Waals surface area contributed by atoms with Gasteiger partial charge in [0.2, 0.25) is 0 Å². The average molecular weight is 357 g/mol. The summed E-state index contributed by atoms with van der Waals surface area (Å²) in [5, 5.41) is 15.9. The van der Waals surface area contributed by atoms with E-state index in [9.17, 15) is 9.59 Å². The van der Waals surface area contributed by atoms with Crippen molar-refractivity contribution in [3.8, 4) is 11.2 Å². The van der Waals surface area contributed by atoms with Crippen molar-refractivity contribution in [3.05, 3.63) is 48.5 Å². The third kappa shape index (κ3) is 6.08. The van der Waals surface area contributed by atoms with E-state index >= 15 is 0 Å². The molecule has 2 amide bonds. The molecule has 2 rings (SSSR count). The van der Waals surface area contributed by atoms with Gasteiger partial charge < -0.3 is 20.1 Å². The van der Waals surface area contributed by atoms with Crippen molar-refractivity contribution in [2.24, 2.45) is 0 Å². The molecule has 0 saturated heterocycles. The second kappa shape index (κ2) is 9.20. The zero-order chi connectivity index (χ0) is 18.1. The van der Waals surface area contributed by atoms with E-state index in [4.69, 9.17) is 10.00 Å². The highest BCUT2D eigenvalue weighted by Crippen LogP contribution is 2.20. The fourth-order valence-electron chi connectivity index (χ4n) is 1.80. The lowest BCUT2D eigenvalue weighted by atomic mass is 10.3. The van der Waals surface area contributed by atoms with Crippen LogP contribution in [0.4, 0.5) is 21.0 Å². The Balaban J connectivity index is 1.87. The van der Waals surface area contributed by atoms with Crippen LogP contribution in [0.15, 0.2) is 53.4 Å². The highest BCUT2D eigenvalue weighted by atomic mass is 32.2. The summed E-state index contributed by atoms with van der Waals surface area (Å²) < 4.78 is 9.60. The number of rotatable bonds is 5. The number of thioether (sulfide) groups is 1. The molecule has 128 valence electrons. The Hall–Kier alpha value is -3.18. The molecule has 0 saturated carbocycles. The Morgan fingerprint density at radius 3 is 2.12 bits per heavy atom. The number of carbonyl (C=O) groups excluding carboxylic acids is 2. The Morgan fingerprint density at radius 2 is 1.60 bits per heavy atom. The van der Waals surface area contributed by atoms with Crippen molar-refractivity contribution in [1.82, 2.24) is 0 Å². The summed E-state index contributed by atoms with van der Waals surface area (Å²) >= 11 is 1.05. The minimum absolute atomic E-state index is 0.231. The molecule has 0 aliphatic rings. The molecule has 0 bridgehead atoms. The molecule has 0 unspecified atom stereocenters. The van der Waals surface area contributed by atoms with Gasteiger partial charge in [0.05, 0.1) is 6.61 Å². The van der Waals surface area contributed by atoms with Crippen LogP contribution in [0.3, 0.4) is 0 Å². The maximum atomic E-state index is 12.0. The molecule has 0 radical (unpaired) electrons. The number of thiocyanates is 1. The van der Waals surface area contributed by atoms with Crippen LogP contribution in [0.25, 0.3) is 0 Å². The van der Waals surface area contributed by atoms with Crippen molar-refractivity contribution in [1.29, 1.82) is 5.26 Å². The molecule has 2 N–H and O–H groups in total. The molecule has 8 heteroatoms. The zero-order valence-corrected chi connectivity index (χ0v) is 14.1. The minimum Gasteiger partial charge on any atom is -0.434 e. The number of ether oxygens (including phenoxy) is 2. The van der Waals surface area contributed by atoms with Gasteiger partial charge in [0.25, 0.3) is 0 Å². The number of amides is 2. The summed E-state index contributed by atoms with van der Waals surface area (Å²) in [5.41, 5.74) is 1.13. The van der Waals surface area contributed by atoms with Gasteiger partial charge in [-0.1, -0.05) is 0 Å². The van der Waals surface area contributed by atoms with Gasteiger partial charge in [-0.25, -0.2) is 9.59 Å². The van der Waals surface area contributed by atoms with Crippen molar-refractivity contribution in [2.75, 3.05) is 17.2 Å². The predicted molar refractivity (Wildman–Crippen MR) is 94.6 cm³/mol. The van der Waals surface area contributed by atoms with E-state index in [1.54, 1.807) is 55.5 Å². The predicted octanol–water partition coefficient (Wildman–Crippen LogP) is 4.44. The second-order valence-corrected chi connectivity index (χ2v) is 5.46. The summed E-state index contributed by atoms with van der Waals surface area (Å²) in [4.78, 5) is 24.0. The fourth-order valence-corrected chi connectivity index (χ4v) is 2.18. The molecule has 2 aromatic carbocycles. The highest BCUT2D eigenvalue weighted by molar-refractivity contribution is 8.03. The molecule has 25 heavy (non-hydrogen) atoms. The average Bonchev–Trinajstić information content (AvgIpc) is 2.59. The molecular weight excluding hydrogens is 342 g/mol. The van der Waals surface area contributed by atoms with E-state index in [1.165, 1.54) is 0 Å². The highest BCUT2D eigenvalue weighted by Gasteiger charge is 2.06. The summed E-state index contributed by atoms with van der Waals surface area (Å²) in [6, 6.07) is 12.8. The SMILES string of the molecule is CCOC(=O)Oc1ccc(NC(=O)Nc2ccc(SC#N)cc2)cc1. The van der Waals surface area contributed by atoms with Crippen molar-refractivity contribution in [2.45, 2.75) is 11.8 Å². The number of carbonyl (C=O) groups is 2. The third-order valence-corrected chi connectivity index (χ3v) is 3.45. The number of nitriles is 1.